The number of amides is 1. The number of carbonyl (C=O) groups excluding carboxylic acids is 1. The van der Waals surface area contributed by atoms with E-state index in [1.54, 1.807) is 0 Å². The highest BCUT2D eigenvalue weighted by Crippen LogP contribution is 2.37. The van der Waals surface area contributed by atoms with Crippen molar-refractivity contribution < 1.29 is 4.79 Å². The average Bonchev–Trinajstić information content (AvgIpc) is 2.36. The van der Waals surface area contributed by atoms with Gasteiger partial charge in [0.2, 0.25) is 5.91 Å². The highest BCUT2D eigenvalue weighted by Gasteiger charge is 2.29. The predicted molar refractivity (Wildman–Crippen MR) is 81.1 cm³/mol. The Hall–Kier alpha value is -0.570. The summed E-state index contributed by atoms with van der Waals surface area (Å²) in [4.78, 5) is 11.5. The van der Waals surface area contributed by atoms with Gasteiger partial charge >= 0.3 is 0 Å². The lowest BCUT2D eigenvalue weighted by Crippen LogP contribution is -2.38. The molecule has 0 radical (unpaired) electrons. The average molecular weight is 268 g/mol. The summed E-state index contributed by atoms with van der Waals surface area (Å²) in [7, 11) is 0. The minimum Gasteiger partial charge on any atom is -0.356 e. The smallest absolute Gasteiger partial charge is 0.221 e. The SMILES string of the molecule is CCCNC(=O)CCNC1CCC(C(C)(C)C)CC1. The number of hydrogen-bond donors (Lipinski definition) is 2. The molecule has 0 aromatic heterocycles. The summed E-state index contributed by atoms with van der Waals surface area (Å²) in [5.74, 6) is 1.04. The fourth-order valence-electron chi connectivity index (χ4n) is 2.91. The molecule has 19 heavy (non-hydrogen) atoms. The third-order valence-electron chi connectivity index (χ3n) is 4.31. The lowest BCUT2D eigenvalue weighted by molar-refractivity contribution is -0.121. The van der Waals surface area contributed by atoms with E-state index in [9.17, 15) is 4.79 Å². The molecule has 0 unspecified atom stereocenters. The first-order valence-electron chi connectivity index (χ1n) is 7.93. The Morgan fingerprint density at radius 2 is 1.74 bits per heavy atom. The van der Waals surface area contributed by atoms with E-state index in [1.165, 1.54) is 25.7 Å². The Morgan fingerprint density at radius 1 is 1.11 bits per heavy atom. The van der Waals surface area contributed by atoms with Crippen LogP contribution in [-0.4, -0.2) is 25.0 Å². The van der Waals surface area contributed by atoms with Gasteiger partial charge in [-0.3, -0.25) is 4.79 Å². The quantitative estimate of drug-likeness (QED) is 0.777. The second-order valence-electron chi connectivity index (χ2n) is 6.97. The van der Waals surface area contributed by atoms with E-state index >= 15 is 0 Å². The third-order valence-corrected chi connectivity index (χ3v) is 4.31. The maximum Gasteiger partial charge on any atom is 0.221 e. The van der Waals surface area contributed by atoms with Crippen molar-refractivity contribution in [2.75, 3.05) is 13.1 Å². The molecule has 1 aliphatic carbocycles. The van der Waals surface area contributed by atoms with Gasteiger partial charge in [0, 0.05) is 25.6 Å². The Bertz CT molecular complexity index is 262. The van der Waals surface area contributed by atoms with Gasteiger partial charge in [0.25, 0.3) is 0 Å². The zero-order valence-corrected chi connectivity index (χ0v) is 13.2. The third kappa shape index (κ3) is 6.42. The van der Waals surface area contributed by atoms with Gasteiger partial charge in [-0.05, 0) is 43.4 Å². The van der Waals surface area contributed by atoms with Crippen LogP contribution in [0, 0.1) is 11.3 Å². The molecule has 112 valence electrons. The zero-order chi connectivity index (χ0) is 14.3. The van der Waals surface area contributed by atoms with Crippen molar-refractivity contribution in [3.63, 3.8) is 0 Å². The molecule has 1 aliphatic rings. The molecular weight excluding hydrogens is 236 g/mol. The normalized spacial score (nSPS) is 24.2. The van der Waals surface area contributed by atoms with E-state index in [4.69, 9.17) is 0 Å². The first-order valence-corrected chi connectivity index (χ1v) is 7.93. The van der Waals surface area contributed by atoms with Gasteiger partial charge in [0.15, 0.2) is 0 Å². The second-order valence-corrected chi connectivity index (χ2v) is 6.97. The highest BCUT2D eigenvalue weighted by atomic mass is 16.1. The summed E-state index contributed by atoms with van der Waals surface area (Å²) >= 11 is 0. The van der Waals surface area contributed by atoms with Crippen molar-refractivity contribution in [2.45, 2.75) is 72.3 Å². The lowest BCUT2D eigenvalue weighted by atomic mass is 9.71. The number of hydrogen-bond acceptors (Lipinski definition) is 2. The molecule has 1 rings (SSSR count). The standard InChI is InChI=1S/C16H32N2O/c1-5-11-18-15(19)10-12-17-14-8-6-13(7-9-14)16(2,3)4/h13-14,17H,5-12H2,1-4H3,(H,18,19). The number of carbonyl (C=O) groups is 1. The van der Waals surface area contributed by atoms with Gasteiger partial charge < -0.3 is 10.6 Å². The van der Waals surface area contributed by atoms with E-state index in [0.29, 0.717) is 17.9 Å². The first kappa shape index (κ1) is 16.5. The zero-order valence-electron chi connectivity index (χ0n) is 13.2. The number of nitrogens with one attached hydrogen (secondary N) is 2. The molecule has 3 nitrogen and oxygen atoms in total. The van der Waals surface area contributed by atoms with Crippen LogP contribution >= 0.6 is 0 Å². The van der Waals surface area contributed by atoms with Crippen LogP contribution in [-0.2, 0) is 4.79 Å². The van der Waals surface area contributed by atoms with Crippen LogP contribution in [0.5, 0.6) is 0 Å². The van der Waals surface area contributed by atoms with Crippen LogP contribution in [0.2, 0.25) is 0 Å². The van der Waals surface area contributed by atoms with Crippen molar-refractivity contribution in [2.24, 2.45) is 11.3 Å². The van der Waals surface area contributed by atoms with Gasteiger partial charge in [0.05, 0.1) is 0 Å². The van der Waals surface area contributed by atoms with Crippen molar-refractivity contribution in [3.8, 4) is 0 Å². The summed E-state index contributed by atoms with van der Waals surface area (Å²) < 4.78 is 0. The molecule has 0 bridgehead atoms. The molecule has 0 aromatic carbocycles. The molecule has 1 fully saturated rings. The summed E-state index contributed by atoms with van der Waals surface area (Å²) in [6.45, 7) is 10.7. The van der Waals surface area contributed by atoms with Crippen LogP contribution in [0.3, 0.4) is 0 Å². The molecule has 1 saturated carbocycles. The Morgan fingerprint density at radius 3 is 2.26 bits per heavy atom. The number of rotatable bonds is 6. The Labute approximate surface area is 118 Å². The van der Waals surface area contributed by atoms with Gasteiger partial charge in [0.1, 0.15) is 0 Å². The van der Waals surface area contributed by atoms with Crippen molar-refractivity contribution in [1.29, 1.82) is 0 Å². The van der Waals surface area contributed by atoms with Crippen molar-refractivity contribution in [1.82, 2.24) is 10.6 Å². The first-order chi connectivity index (χ1) is 8.93. The fourth-order valence-corrected chi connectivity index (χ4v) is 2.91. The van der Waals surface area contributed by atoms with Crippen LogP contribution in [0.15, 0.2) is 0 Å². The van der Waals surface area contributed by atoms with E-state index in [2.05, 4.69) is 38.3 Å². The van der Waals surface area contributed by atoms with Gasteiger partial charge in [-0.15, -0.1) is 0 Å². The molecular formula is C16H32N2O. The molecule has 1 amide bonds. The fraction of sp³-hybridized carbons (Fsp3) is 0.938. The predicted octanol–water partition coefficient (Wildman–Crippen LogP) is 3.10. The topological polar surface area (TPSA) is 41.1 Å². The molecule has 3 heteroatoms. The minimum atomic E-state index is 0.178. The highest BCUT2D eigenvalue weighted by molar-refractivity contribution is 5.75. The summed E-state index contributed by atoms with van der Waals surface area (Å²) in [5.41, 5.74) is 0.449. The monoisotopic (exact) mass is 268 g/mol. The minimum absolute atomic E-state index is 0.178. The van der Waals surface area contributed by atoms with Crippen molar-refractivity contribution >= 4 is 5.91 Å². The van der Waals surface area contributed by atoms with Crippen LogP contribution in [0.4, 0.5) is 0 Å². The summed E-state index contributed by atoms with van der Waals surface area (Å²) in [6, 6.07) is 0.623. The Kier molecular flexibility index (Phi) is 6.84. The maximum atomic E-state index is 11.5. The van der Waals surface area contributed by atoms with Crippen molar-refractivity contribution in [3.05, 3.63) is 0 Å². The molecule has 0 spiro atoms. The largest absolute Gasteiger partial charge is 0.356 e. The molecule has 0 saturated heterocycles. The lowest BCUT2D eigenvalue weighted by Gasteiger charge is -2.37. The molecule has 0 aliphatic heterocycles. The summed E-state index contributed by atoms with van der Waals surface area (Å²) in [5, 5.41) is 6.46. The molecule has 2 N–H and O–H groups in total. The summed E-state index contributed by atoms with van der Waals surface area (Å²) in [6.07, 6.45) is 6.79. The molecule has 0 aromatic rings. The van der Waals surface area contributed by atoms with E-state index < -0.39 is 0 Å². The van der Waals surface area contributed by atoms with Crippen LogP contribution in [0.25, 0.3) is 0 Å². The van der Waals surface area contributed by atoms with Crippen LogP contribution in [0.1, 0.15) is 66.2 Å². The molecule has 0 atom stereocenters. The van der Waals surface area contributed by atoms with Gasteiger partial charge in [-0.1, -0.05) is 27.7 Å². The second kappa shape index (κ2) is 7.88. The van der Waals surface area contributed by atoms with E-state index in [1.807, 2.05) is 0 Å². The van der Waals surface area contributed by atoms with E-state index in [-0.39, 0.29) is 5.91 Å². The van der Waals surface area contributed by atoms with Gasteiger partial charge in [-0.25, -0.2) is 0 Å². The van der Waals surface area contributed by atoms with Crippen LogP contribution < -0.4 is 10.6 Å². The van der Waals surface area contributed by atoms with E-state index in [0.717, 1.165) is 25.4 Å². The Balaban J connectivity index is 2.11. The maximum absolute atomic E-state index is 11.5. The molecule has 0 heterocycles. The van der Waals surface area contributed by atoms with Gasteiger partial charge in [-0.2, -0.15) is 0 Å².